The molecule has 1 fully saturated rings. The van der Waals surface area contributed by atoms with Gasteiger partial charge >= 0.3 is 11.9 Å². The van der Waals surface area contributed by atoms with Gasteiger partial charge in [0.15, 0.2) is 4.80 Å². The summed E-state index contributed by atoms with van der Waals surface area (Å²) in [6.45, 7) is 2.05. The van der Waals surface area contributed by atoms with Crippen LogP contribution in [0.15, 0.2) is 40.1 Å². The first-order chi connectivity index (χ1) is 12.5. The minimum absolute atomic E-state index is 0.114. The van der Waals surface area contributed by atoms with Crippen LogP contribution in [-0.4, -0.2) is 30.2 Å². The number of carbonyl (C=O) groups is 2. The van der Waals surface area contributed by atoms with Crippen molar-refractivity contribution in [3.8, 4) is 0 Å². The molecule has 1 saturated carbocycles. The molecule has 0 bridgehead atoms. The molecule has 0 N–H and O–H groups in total. The van der Waals surface area contributed by atoms with Crippen molar-refractivity contribution < 1.29 is 19.1 Å². The lowest BCUT2D eigenvalue weighted by molar-refractivity contribution is 0.0525. The van der Waals surface area contributed by atoms with Gasteiger partial charge in [-0.3, -0.25) is 9.36 Å². The quantitative estimate of drug-likeness (QED) is 0.750. The number of rotatable bonds is 5. The average molecular weight is 374 g/mol. The number of hydrogen-bond acceptors (Lipinski definition) is 7. The Morgan fingerprint density at radius 1 is 1.23 bits per heavy atom. The van der Waals surface area contributed by atoms with Crippen molar-refractivity contribution in [3.05, 3.63) is 55.9 Å². The van der Waals surface area contributed by atoms with Gasteiger partial charge in [-0.25, -0.2) is 14.6 Å². The number of carbonyl (C=O) groups excluding carboxylic acids is 2. The average Bonchev–Trinajstić information content (AvgIpc) is 3.46. The Morgan fingerprint density at radius 2 is 1.92 bits per heavy atom. The minimum atomic E-state index is -0.566. The Morgan fingerprint density at radius 3 is 2.50 bits per heavy atom. The number of aromatic nitrogens is 1. The lowest BCUT2D eigenvalue weighted by Gasteiger charge is -2.06. The van der Waals surface area contributed by atoms with Crippen molar-refractivity contribution in [1.82, 2.24) is 4.57 Å². The van der Waals surface area contributed by atoms with Crippen LogP contribution in [0.4, 0.5) is 5.69 Å². The summed E-state index contributed by atoms with van der Waals surface area (Å²) < 4.78 is 11.3. The number of esters is 2. The maximum absolute atomic E-state index is 12.4. The van der Waals surface area contributed by atoms with Gasteiger partial charge in [0.1, 0.15) is 4.88 Å². The van der Waals surface area contributed by atoms with E-state index in [0.717, 1.165) is 24.2 Å². The van der Waals surface area contributed by atoms with Gasteiger partial charge in [-0.1, -0.05) is 11.3 Å². The van der Waals surface area contributed by atoms with Gasteiger partial charge in [0.2, 0.25) is 0 Å². The van der Waals surface area contributed by atoms with Crippen LogP contribution >= 0.6 is 11.3 Å². The van der Waals surface area contributed by atoms with Crippen LogP contribution in [0.3, 0.4) is 0 Å². The molecule has 0 amide bonds. The van der Waals surface area contributed by atoms with E-state index in [1.54, 1.807) is 35.8 Å². The van der Waals surface area contributed by atoms with E-state index in [1.165, 1.54) is 13.2 Å². The van der Waals surface area contributed by atoms with Crippen molar-refractivity contribution in [3.63, 3.8) is 0 Å². The molecule has 1 aliphatic rings. The van der Waals surface area contributed by atoms with Crippen molar-refractivity contribution in [2.45, 2.75) is 25.8 Å². The van der Waals surface area contributed by atoms with E-state index in [9.17, 15) is 14.4 Å². The lowest BCUT2D eigenvalue weighted by Crippen LogP contribution is -2.31. The summed E-state index contributed by atoms with van der Waals surface area (Å²) >= 11 is 1.11. The second-order valence-corrected chi connectivity index (χ2v) is 6.71. The highest BCUT2D eigenvalue weighted by Gasteiger charge is 2.27. The third-order valence-corrected chi connectivity index (χ3v) is 4.78. The van der Waals surface area contributed by atoms with Gasteiger partial charge in [0.05, 0.1) is 25.0 Å². The van der Waals surface area contributed by atoms with Crippen LogP contribution in [0.5, 0.6) is 0 Å². The van der Waals surface area contributed by atoms with E-state index in [2.05, 4.69) is 4.99 Å². The fraction of sp³-hybridized carbons (Fsp3) is 0.333. The maximum Gasteiger partial charge on any atom is 0.348 e. The topological polar surface area (TPSA) is 87.0 Å². The molecule has 26 heavy (non-hydrogen) atoms. The van der Waals surface area contributed by atoms with Crippen LogP contribution in [0.25, 0.3) is 0 Å². The third kappa shape index (κ3) is 3.91. The van der Waals surface area contributed by atoms with E-state index >= 15 is 0 Å². The van der Waals surface area contributed by atoms with Gasteiger partial charge in [-0.2, -0.15) is 0 Å². The molecule has 8 heteroatoms. The molecule has 1 aliphatic carbocycles. The second-order valence-electron chi connectivity index (χ2n) is 5.70. The summed E-state index contributed by atoms with van der Waals surface area (Å²) in [4.78, 5) is 41.1. The molecule has 0 unspecified atom stereocenters. The van der Waals surface area contributed by atoms with Crippen LogP contribution in [0, 0.1) is 0 Å². The molecule has 7 nitrogen and oxygen atoms in total. The van der Waals surface area contributed by atoms with Crippen molar-refractivity contribution in [1.29, 1.82) is 0 Å². The third-order valence-electron chi connectivity index (χ3n) is 3.80. The molecule has 3 rings (SSSR count). The molecule has 1 heterocycles. The first-order valence-corrected chi connectivity index (χ1v) is 9.02. The zero-order valence-corrected chi connectivity index (χ0v) is 15.2. The molecular formula is C18H18N2O5S. The molecule has 0 aliphatic heterocycles. The van der Waals surface area contributed by atoms with Crippen molar-refractivity contribution >= 4 is 29.0 Å². The van der Waals surface area contributed by atoms with E-state index in [4.69, 9.17) is 9.47 Å². The molecule has 136 valence electrons. The van der Waals surface area contributed by atoms with Gasteiger partial charge < -0.3 is 9.47 Å². The lowest BCUT2D eigenvalue weighted by atomic mass is 10.2. The SMILES string of the molecule is CCOC(=O)c1ccc(N=c2sc(C(=O)OC)cc(=O)n2C2CC2)cc1. The molecular weight excluding hydrogens is 356 g/mol. The van der Waals surface area contributed by atoms with Crippen molar-refractivity contribution in [2.24, 2.45) is 4.99 Å². The normalized spacial score (nSPS) is 14.2. The Balaban J connectivity index is 2.04. The van der Waals surface area contributed by atoms with Crippen LogP contribution in [0.1, 0.15) is 45.8 Å². The van der Waals surface area contributed by atoms with E-state index in [-0.39, 0.29) is 16.5 Å². The monoisotopic (exact) mass is 374 g/mol. The predicted molar refractivity (Wildman–Crippen MR) is 95.8 cm³/mol. The van der Waals surface area contributed by atoms with E-state index in [1.807, 2.05) is 0 Å². The van der Waals surface area contributed by atoms with Crippen LogP contribution in [0.2, 0.25) is 0 Å². The summed E-state index contributed by atoms with van der Waals surface area (Å²) in [5.41, 5.74) is 0.732. The van der Waals surface area contributed by atoms with E-state index in [0.29, 0.717) is 22.7 Å². The molecule has 0 saturated heterocycles. The summed E-state index contributed by atoms with van der Waals surface area (Å²) in [6, 6.07) is 7.98. The number of methoxy groups -OCH3 is 1. The maximum atomic E-state index is 12.4. The molecule has 0 spiro atoms. The first kappa shape index (κ1) is 18.1. The summed E-state index contributed by atoms with van der Waals surface area (Å²) in [6.07, 6.45) is 1.82. The van der Waals surface area contributed by atoms with Gasteiger partial charge in [0, 0.05) is 12.1 Å². The summed E-state index contributed by atoms with van der Waals surface area (Å²) in [5, 5.41) is 0. The molecule has 1 aromatic carbocycles. The highest BCUT2D eigenvalue weighted by molar-refractivity contribution is 7.11. The largest absolute Gasteiger partial charge is 0.465 e. The highest BCUT2D eigenvalue weighted by atomic mass is 32.1. The van der Waals surface area contributed by atoms with Crippen molar-refractivity contribution in [2.75, 3.05) is 13.7 Å². The number of hydrogen-bond donors (Lipinski definition) is 0. The Bertz CT molecular complexity index is 955. The molecule has 0 radical (unpaired) electrons. The number of nitrogens with zero attached hydrogens (tertiary/aromatic N) is 2. The summed E-state index contributed by atoms with van der Waals surface area (Å²) in [7, 11) is 1.27. The number of ether oxygens (including phenoxy) is 2. The fourth-order valence-electron chi connectivity index (χ4n) is 2.40. The highest BCUT2D eigenvalue weighted by Crippen LogP contribution is 2.32. The van der Waals surface area contributed by atoms with Gasteiger partial charge in [-0.15, -0.1) is 0 Å². The zero-order valence-electron chi connectivity index (χ0n) is 14.4. The minimum Gasteiger partial charge on any atom is -0.465 e. The molecule has 1 aromatic heterocycles. The number of benzene rings is 1. The fourth-order valence-corrected chi connectivity index (χ4v) is 3.41. The smallest absolute Gasteiger partial charge is 0.348 e. The summed E-state index contributed by atoms with van der Waals surface area (Å²) in [5.74, 6) is -0.964. The molecule has 0 atom stereocenters. The van der Waals surface area contributed by atoms with E-state index < -0.39 is 11.9 Å². The zero-order chi connectivity index (χ0) is 18.7. The molecule has 2 aromatic rings. The van der Waals surface area contributed by atoms with Crippen LogP contribution in [-0.2, 0) is 9.47 Å². The first-order valence-electron chi connectivity index (χ1n) is 8.20. The second kappa shape index (κ2) is 7.65. The Hall–Kier alpha value is -2.74. The van der Waals surface area contributed by atoms with Gasteiger partial charge in [0.25, 0.3) is 5.56 Å². The standard InChI is InChI=1S/C18H18N2O5S/c1-3-25-16(22)11-4-6-12(7-5-11)19-18-20(13-8-9-13)15(21)10-14(26-18)17(23)24-2/h4-7,10,13H,3,8-9H2,1-2H3. The predicted octanol–water partition coefficient (Wildman–Crippen LogP) is 2.44. The van der Waals surface area contributed by atoms with Gasteiger partial charge in [-0.05, 0) is 44.0 Å². The van der Waals surface area contributed by atoms with Crippen LogP contribution < -0.4 is 10.4 Å². The Kier molecular flexibility index (Phi) is 5.32. The Labute approximate surface area is 153 Å².